The molecule has 0 bridgehead atoms. The lowest BCUT2D eigenvalue weighted by atomic mass is 10.1. The highest BCUT2D eigenvalue weighted by Gasteiger charge is 2.12. The van der Waals surface area contributed by atoms with E-state index >= 15 is 0 Å². The second-order valence-corrected chi connectivity index (χ2v) is 6.40. The SMILES string of the molecule is Cc1cc(OCC(=O)Nc2ccc(Cl)cc2)c(Br)c(C)c1Cl. The van der Waals surface area contributed by atoms with Gasteiger partial charge < -0.3 is 10.1 Å². The molecule has 3 nitrogen and oxygen atoms in total. The van der Waals surface area contributed by atoms with Crippen molar-refractivity contribution in [3.63, 3.8) is 0 Å². The Labute approximate surface area is 147 Å². The summed E-state index contributed by atoms with van der Waals surface area (Å²) in [7, 11) is 0. The first-order chi connectivity index (χ1) is 10.4. The van der Waals surface area contributed by atoms with E-state index in [2.05, 4.69) is 21.2 Å². The van der Waals surface area contributed by atoms with Crippen LogP contribution in [0.5, 0.6) is 5.75 Å². The van der Waals surface area contributed by atoms with Crippen LogP contribution >= 0.6 is 39.1 Å². The van der Waals surface area contributed by atoms with Crippen molar-refractivity contribution in [3.05, 3.63) is 56.0 Å². The second kappa shape index (κ2) is 7.36. The van der Waals surface area contributed by atoms with Crippen LogP contribution in [0.1, 0.15) is 11.1 Å². The number of carbonyl (C=O) groups excluding carboxylic acids is 1. The normalized spacial score (nSPS) is 10.4. The number of hydrogen-bond acceptors (Lipinski definition) is 2. The van der Waals surface area contributed by atoms with Crippen molar-refractivity contribution >= 4 is 50.7 Å². The second-order valence-electron chi connectivity index (χ2n) is 4.79. The van der Waals surface area contributed by atoms with E-state index in [1.54, 1.807) is 30.3 Å². The van der Waals surface area contributed by atoms with Gasteiger partial charge in [-0.25, -0.2) is 0 Å². The summed E-state index contributed by atoms with van der Waals surface area (Å²) >= 11 is 15.4. The largest absolute Gasteiger partial charge is 0.483 e. The lowest BCUT2D eigenvalue weighted by molar-refractivity contribution is -0.118. The highest BCUT2D eigenvalue weighted by atomic mass is 79.9. The molecule has 116 valence electrons. The van der Waals surface area contributed by atoms with E-state index in [0.29, 0.717) is 21.5 Å². The summed E-state index contributed by atoms with van der Waals surface area (Å²) in [6, 6.07) is 8.68. The summed E-state index contributed by atoms with van der Waals surface area (Å²) in [5.74, 6) is 0.338. The smallest absolute Gasteiger partial charge is 0.262 e. The van der Waals surface area contributed by atoms with Crippen molar-refractivity contribution in [2.75, 3.05) is 11.9 Å². The molecule has 1 N–H and O–H groups in total. The first-order valence-electron chi connectivity index (χ1n) is 6.52. The van der Waals surface area contributed by atoms with Crippen LogP contribution in [0.2, 0.25) is 10.0 Å². The fourth-order valence-electron chi connectivity index (χ4n) is 1.88. The molecule has 0 saturated carbocycles. The number of carbonyl (C=O) groups is 1. The zero-order valence-electron chi connectivity index (χ0n) is 12.0. The van der Waals surface area contributed by atoms with Crippen molar-refractivity contribution in [2.45, 2.75) is 13.8 Å². The molecule has 0 aliphatic rings. The third-order valence-corrected chi connectivity index (χ3v) is 4.87. The van der Waals surface area contributed by atoms with Crippen LogP contribution in [0.25, 0.3) is 0 Å². The van der Waals surface area contributed by atoms with Gasteiger partial charge in [-0.1, -0.05) is 23.2 Å². The minimum atomic E-state index is -0.250. The minimum Gasteiger partial charge on any atom is -0.483 e. The highest BCUT2D eigenvalue weighted by Crippen LogP contribution is 2.35. The summed E-state index contributed by atoms with van der Waals surface area (Å²) in [5.41, 5.74) is 2.45. The van der Waals surface area contributed by atoms with Gasteiger partial charge in [-0.2, -0.15) is 0 Å². The molecule has 1 amide bonds. The van der Waals surface area contributed by atoms with Crippen molar-refractivity contribution in [1.29, 1.82) is 0 Å². The molecule has 0 unspecified atom stereocenters. The average Bonchev–Trinajstić information content (AvgIpc) is 2.50. The Morgan fingerprint density at radius 1 is 1.23 bits per heavy atom. The van der Waals surface area contributed by atoms with E-state index in [1.165, 1.54) is 0 Å². The first-order valence-corrected chi connectivity index (χ1v) is 8.07. The maximum atomic E-state index is 11.9. The molecule has 2 rings (SSSR count). The van der Waals surface area contributed by atoms with Gasteiger partial charge in [0, 0.05) is 15.7 Å². The lowest BCUT2D eigenvalue weighted by Gasteiger charge is -2.13. The molecule has 0 spiro atoms. The zero-order valence-corrected chi connectivity index (χ0v) is 15.1. The molecular weight excluding hydrogens is 389 g/mol. The number of rotatable bonds is 4. The van der Waals surface area contributed by atoms with E-state index in [1.807, 2.05) is 13.8 Å². The van der Waals surface area contributed by atoms with Crippen LogP contribution in [0, 0.1) is 13.8 Å². The van der Waals surface area contributed by atoms with E-state index in [4.69, 9.17) is 27.9 Å². The molecule has 0 atom stereocenters. The molecule has 0 aliphatic heterocycles. The maximum Gasteiger partial charge on any atom is 0.262 e. The number of nitrogens with one attached hydrogen (secondary N) is 1. The third kappa shape index (κ3) is 4.15. The van der Waals surface area contributed by atoms with Crippen LogP contribution in [0.4, 0.5) is 5.69 Å². The highest BCUT2D eigenvalue weighted by molar-refractivity contribution is 9.10. The van der Waals surface area contributed by atoms with Gasteiger partial charge in [0.05, 0.1) is 4.47 Å². The molecule has 0 radical (unpaired) electrons. The Morgan fingerprint density at radius 2 is 1.86 bits per heavy atom. The fourth-order valence-corrected chi connectivity index (χ4v) is 2.70. The van der Waals surface area contributed by atoms with E-state index in [9.17, 15) is 4.79 Å². The summed E-state index contributed by atoms with van der Waals surface area (Å²) in [5, 5.41) is 4.04. The Balaban J connectivity index is 2.01. The summed E-state index contributed by atoms with van der Waals surface area (Å²) in [6.45, 7) is 3.68. The van der Waals surface area contributed by atoms with Crippen LogP contribution in [0.3, 0.4) is 0 Å². The van der Waals surface area contributed by atoms with Gasteiger partial charge in [0.1, 0.15) is 5.75 Å². The average molecular weight is 403 g/mol. The Kier molecular flexibility index (Phi) is 5.73. The Bertz CT molecular complexity index is 702. The Morgan fingerprint density at radius 3 is 2.50 bits per heavy atom. The number of benzene rings is 2. The molecule has 0 aromatic heterocycles. The van der Waals surface area contributed by atoms with Crippen LogP contribution in [-0.2, 0) is 4.79 Å². The van der Waals surface area contributed by atoms with Gasteiger partial charge in [0.25, 0.3) is 5.91 Å². The van der Waals surface area contributed by atoms with E-state index in [0.717, 1.165) is 15.6 Å². The monoisotopic (exact) mass is 401 g/mol. The van der Waals surface area contributed by atoms with E-state index < -0.39 is 0 Å². The van der Waals surface area contributed by atoms with Gasteiger partial charge in [-0.3, -0.25) is 4.79 Å². The van der Waals surface area contributed by atoms with Crippen molar-refractivity contribution < 1.29 is 9.53 Å². The van der Waals surface area contributed by atoms with Gasteiger partial charge >= 0.3 is 0 Å². The summed E-state index contributed by atoms with van der Waals surface area (Å²) in [6.07, 6.45) is 0. The minimum absolute atomic E-state index is 0.0955. The molecule has 0 aliphatic carbocycles. The van der Waals surface area contributed by atoms with Crippen molar-refractivity contribution in [3.8, 4) is 5.75 Å². The number of hydrogen-bond donors (Lipinski definition) is 1. The summed E-state index contributed by atoms with van der Waals surface area (Å²) in [4.78, 5) is 11.9. The molecule has 6 heteroatoms. The molecule has 2 aromatic carbocycles. The van der Waals surface area contributed by atoms with Gasteiger partial charge in [-0.05, 0) is 71.2 Å². The molecule has 0 heterocycles. The van der Waals surface area contributed by atoms with Crippen LogP contribution in [-0.4, -0.2) is 12.5 Å². The number of aryl methyl sites for hydroxylation is 1. The van der Waals surface area contributed by atoms with Crippen molar-refractivity contribution in [2.24, 2.45) is 0 Å². The van der Waals surface area contributed by atoms with Crippen molar-refractivity contribution in [1.82, 2.24) is 0 Å². The topological polar surface area (TPSA) is 38.3 Å². The number of ether oxygens (including phenoxy) is 1. The van der Waals surface area contributed by atoms with E-state index in [-0.39, 0.29) is 12.5 Å². The fraction of sp³-hybridized carbons (Fsp3) is 0.188. The molecular formula is C16H14BrCl2NO2. The number of anilines is 1. The third-order valence-electron chi connectivity index (χ3n) is 3.06. The number of amides is 1. The Hall–Kier alpha value is -1.23. The quantitative estimate of drug-likeness (QED) is 0.744. The first kappa shape index (κ1) is 17.1. The predicted molar refractivity (Wildman–Crippen MR) is 94.2 cm³/mol. The number of halogens is 3. The maximum absolute atomic E-state index is 11.9. The molecule has 0 saturated heterocycles. The van der Waals surface area contributed by atoms with Crippen LogP contribution in [0.15, 0.2) is 34.8 Å². The standard InChI is InChI=1S/C16H14BrCl2NO2/c1-9-7-13(15(17)10(2)16(9)19)22-8-14(21)20-12-5-3-11(18)4-6-12/h3-7H,8H2,1-2H3,(H,20,21). The van der Waals surface area contributed by atoms with Crippen LogP contribution < -0.4 is 10.1 Å². The summed E-state index contributed by atoms with van der Waals surface area (Å²) < 4.78 is 6.32. The molecule has 22 heavy (non-hydrogen) atoms. The molecule has 2 aromatic rings. The zero-order chi connectivity index (χ0) is 16.3. The lowest BCUT2D eigenvalue weighted by Crippen LogP contribution is -2.20. The molecule has 0 fully saturated rings. The predicted octanol–water partition coefficient (Wildman–Crippen LogP) is 5.39. The van der Waals surface area contributed by atoms with Gasteiger partial charge in [-0.15, -0.1) is 0 Å². The van der Waals surface area contributed by atoms with Gasteiger partial charge in [0.15, 0.2) is 6.61 Å². The van der Waals surface area contributed by atoms with Gasteiger partial charge in [0.2, 0.25) is 0 Å².